The maximum atomic E-state index is 12.7. The van der Waals surface area contributed by atoms with Crippen molar-refractivity contribution in [3.05, 3.63) is 90.2 Å². The summed E-state index contributed by atoms with van der Waals surface area (Å²) in [5, 5.41) is 8.78. The van der Waals surface area contributed by atoms with E-state index in [0.717, 1.165) is 38.5 Å². The van der Waals surface area contributed by atoms with E-state index in [2.05, 4.69) is 49.1 Å². The van der Waals surface area contributed by atoms with Crippen molar-refractivity contribution in [1.29, 1.82) is 0 Å². The number of halogens is 4. The summed E-state index contributed by atoms with van der Waals surface area (Å²) in [5.74, 6) is 13.2. The molecule has 0 bridgehead atoms. The minimum Gasteiger partial charge on any atom is -0.491 e. The Morgan fingerprint density at radius 2 is 1.00 bits per heavy atom. The molecule has 6 rings (SSSR count). The minimum absolute atomic E-state index is 0. The molecule has 0 aromatic heterocycles. The van der Waals surface area contributed by atoms with Crippen LogP contribution in [0.4, 0.5) is 13.2 Å². The third-order valence-corrected chi connectivity index (χ3v) is 9.04. The zero-order chi connectivity index (χ0) is 38.4. The van der Waals surface area contributed by atoms with Gasteiger partial charge >= 0.3 is 0 Å². The number of benzene rings is 3. The lowest BCUT2D eigenvalue weighted by molar-refractivity contribution is 0.0419. The van der Waals surface area contributed by atoms with Crippen molar-refractivity contribution in [3.63, 3.8) is 0 Å². The SMILES string of the molecule is Fc1ccc(OCC2CCC(C#CCCOP)O2)cc1.Fc1ccc(OC[C@@H]2CCC(Br)O2)cc1.OCCC#CC1CC[C@@H](COc2ccc(F)cc2)O1.[3HH]. The number of hydrogen-bond donors (Lipinski definition) is 1. The molecule has 0 saturated carbocycles. The van der Waals surface area contributed by atoms with Gasteiger partial charge in [-0.2, -0.15) is 0 Å². The fourth-order valence-electron chi connectivity index (χ4n) is 5.35. The largest absolute Gasteiger partial charge is 0.491 e. The van der Waals surface area contributed by atoms with E-state index < -0.39 is 0 Å². The third-order valence-electron chi connectivity index (χ3n) is 8.13. The summed E-state index contributed by atoms with van der Waals surface area (Å²) in [5.41, 5.74) is 0. The van der Waals surface area contributed by atoms with Crippen molar-refractivity contribution in [2.45, 2.75) is 86.9 Å². The zero-order valence-corrected chi connectivity index (χ0v) is 32.7. The smallest absolute Gasteiger partial charge is 0.123 e. The first-order chi connectivity index (χ1) is 26.3. The molecule has 294 valence electrons. The summed E-state index contributed by atoms with van der Waals surface area (Å²) in [4.78, 5) is 0. The Balaban J connectivity index is 0.000000222. The molecule has 1 N–H and O–H groups in total. The molecule has 0 aliphatic carbocycles. The van der Waals surface area contributed by atoms with Gasteiger partial charge in [-0.15, -0.1) is 0 Å². The number of hydrogen-bond acceptors (Lipinski definition) is 8. The summed E-state index contributed by atoms with van der Waals surface area (Å²) >= 11 is 3.39. The zero-order valence-electron chi connectivity index (χ0n) is 30.0. The predicted molar refractivity (Wildman–Crippen MR) is 208 cm³/mol. The van der Waals surface area contributed by atoms with Crippen LogP contribution in [0.2, 0.25) is 0 Å². The Bertz CT molecular complexity index is 1620. The molecule has 3 aromatic carbocycles. The normalized spacial score (nSPS) is 22.6. The van der Waals surface area contributed by atoms with Gasteiger partial charge in [0.15, 0.2) is 0 Å². The lowest BCUT2D eigenvalue weighted by Gasteiger charge is -2.12. The number of rotatable bonds is 12. The Labute approximate surface area is 328 Å². The lowest BCUT2D eigenvalue weighted by Crippen LogP contribution is -2.18. The van der Waals surface area contributed by atoms with Gasteiger partial charge in [0.2, 0.25) is 0 Å². The van der Waals surface area contributed by atoms with Crippen LogP contribution in [-0.2, 0) is 18.7 Å². The Morgan fingerprint density at radius 1 is 0.611 bits per heavy atom. The van der Waals surface area contributed by atoms with E-state index in [1.165, 1.54) is 36.4 Å². The second kappa shape index (κ2) is 25.0. The van der Waals surface area contributed by atoms with Gasteiger partial charge in [-0.05, 0) is 111 Å². The van der Waals surface area contributed by atoms with Crippen LogP contribution in [-0.4, -0.2) is 73.7 Å². The molecule has 8 nitrogen and oxygen atoms in total. The van der Waals surface area contributed by atoms with E-state index in [4.69, 9.17) is 38.1 Å². The first-order valence-electron chi connectivity index (χ1n) is 17.9. The highest BCUT2D eigenvalue weighted by atomic mass is 79.9. The molecular weight excluding hydrogens is 788 g/mol. The van der Waals surface area contributed by atoms with Gasteiger partial charge in [-0.25, -0.2) is 13.2 Å². The maximum Gasteiger partial charge on any atom is 0.123 e. The van der Waals surface area contributed by atoms with Crippen LogP contribution >= 0.6 is 25.4 Å². The van der Waals surface area contributed by atoms with E-state index in [1.807, 2.05) is 0 Å². The minimum atomic E-state index is -0.274. The number of aliphatic hydroxyl groups excluding tert-OH is 1. The van der Waals surface area contributed by atoms with Crippen LogP contribution in [0.3, 0.4) is 0 Å². The van der Waals surface area contributed by atoms with Crippen LogP contribution in [0.5, 0.6) is 17.2 Å². The summed E-state index contributed by atoms with van der Waals surface area (Å²) < 4.78 is 76.5. The van der Waals surface area contributed by atoms with E-state index in [-0.39, 0.29) is 61.0 Å². The first kappa shape index (κ1) is 43.4. The summed E-state index contributed by atoms with van der Waals surface area (Å²) in [6.45, 7) is 2.13. The molecule has 3 aliphatic rings. The third kappa shape index (κ3) is 17.4. The highest BCUT2D eigenvalue weighted by Gasteiger charge is 2.25. The second-order valence-electron chi connectivity index (χ2n) is 12.4. The first-order valence-corrected chi connectivity index (χ1v) is 19.3. The van der Waals surface area contributed by atoms with Crippen LogP contribution < -0.4 is 14.2 Å². The Hall–Kier alpha value is -3.32. The number of aliphatic hydroxyl groups is 1. The average Bonchev–Trinajstić information content (AvgIpc) is 3.95. The van der Waals surface area contributed by atoms with E-state index in [1.54, 1.807) is 36.4 Å². The highest BCUT2D eigenvalue weighted by Crippen LogP contribution is 2.25. The molecular formula is C41H49BrF3O8P. The molecule has 3 saturated heterocycles. The molecule has 7 atom stereocenters. The highest BCUT2D eigenvalue weighted by molar-refractivity contribution is 9.09. The Kier molecular flexibility index (Phi) is 20.1. The molecule has 3 fully saturated rings. The van der Waals surface area contributed by atoms with Gasteiger partial charge in [-0.1, -0.05) is 39.6 Å². The lowest BCUT2D eigenvalue weighted by atomic mass is 10.2. The number of ether oxygens (including phenoxy) is 6. The molecule has 13 heteroatoms. The molecule has 5 unspecified atom stereocenters. The predicted octanol–water partition coefficient (Wildman–Crippen LogP) is 8.44. The fraction of sp³-hybridized carbons (Fsp3) is 0.463. The van der Waals surface area contributed by atoms with Gasteiger partial charge in [0.25, 0.3) is 0 Å². The molecule has 3 aromatic rings. The number of alkyl halides is 1. The second-order valence-corrected chi connectivity index (χ2v) is 13.8. The van der Waals surface area contributed by atoms with Crippen LogP contribution in [0, 0.1) is 41.1 Å². The van der Waals surface area contributed by atoms with Crippen molar-refractivity contribution in [1.82, 2.24) is 0 Å². The summed E-state index contributed by atoms with van der Waals surface area (Å²) in [6, 6.07) is 17.9. The molecule has 3 aliphatic heterocycles. The van der Waals surface area contributed by atoms with Gasteiger partial charge < -0.3 is 38.1 Å². The van der Waals surface area contributed by atoms with Crippen molar-refractivity contribution in [2.75, 3.05) is 33.0 Å². The quantitative estimate of drug-likeness (QED) is 0.0843. The van der Waals surface area contributed by atoms with Crippen LogP contribution in [0.15, 0.2) is 72.8 Å². The monoisotopic (exact) mass is 838 g/mol. The standard InChI is InChI=1S/C15H18FO3P.C15H17FO3.C11H12BrFO2.H2/c16-12-4-6-13(7-5-12)17-11-15-9-8-14(19-15)3-1-2-10-18-20;16-12-4-6-13(7-5-12)18-11-15-9-8-14(19-15)3-1-2-10-17;12-11-6-5-10(15-11)7-14-9-3-1-8(13)2-4-9;/h4-7,14-15H,2,8-11,20H2;4-7,14-15,17H,2,8-11H2;1-4,10-11H,5-7H2;1H/t;14?,15-;10-,11?;/m.00./s1/i;;;1+2. The van der Waals surface area contributed by atoms with Crippen molar-refractivity contribution in [3.8, 4) is 40.9 Å². The van der Waals surface area contributed by atoms with Gasteiger partial charge in [-0.3, -0.25) is 0 Å². The average molecular weight is 840 g/mol. The van der Waals surface area contributed by atoms with E-state index >= 15 is 0 Å². The van der Waals surface area contributed by atoms with Gasteiger partial charge in [0.1, 0.15) is 71.7 Å². The Morgan fingerprint density at radius 3 is 1.37 bits per heavy atom. The molecule has 0 radical (unpaired) electrons. The fourth-order valence-corrected chi connectivity index (χ4v) is 6.04. The van der Waals surface area contributed by atoms with Gasteiger partial charge in [0.05, 0.1) is 31.5 Å². The molecule has 3 heterocycles. The van der Waals surface area contributed by atoms with Gasteiger partial charge in [0, 0.05) is 23.7 Å². The van der Waals surface area contributed by atoms with E-state index in [0.29, 0.717) is 56.5 Å². The van der Waals surface area contributed by atoms with Crippen molar-refractivity contribution < 1.29 is 52.6 Å². The van der Waals surface area contributed by atoms with Crippen LogP contribution in [0.1, 0.15) is 52.8 Å². The molecule has 0 amide bonds. The molecule has 0 spiro atoms. The topological polar surface area (TPSA) is 84.8 Å². The van der Waals surface area contributed by atoms with Crippen LogP contribution in [0.25, 0.3) is 0 Å². The molecule has 54 heavy (non-hydrogen) atoms. The summed E-state index contributed by atoms with van der Waals surface area (Å²) in [7, 11) is 2.20. The maximum absolute atomic E-state index is 12.7. The van der Waals surface area contributed by atoms with E-state index in [9.17, 15) is 13.2 Å². The van der Waals surface area contributed by atoms with Crippen molar-refractivity contribution in [2.24, 2.45) is 0 Å². The van der Waals surface area contributed by atoms with Crippen molar-refractivity contribution >= 4 is 25.4 Å². The summed E-state index contributed by atoms with van der Waals surface area (Å²) in [6.07, 6.45) is 6.98.